The predicted octanol–water partition coefficient (Wildman–Crippen LogP) is 4.10. The number of halogens is 1. The highest BCUT2D eigenvalue weighted by atomic mass is 79.9. The van der Waals surface area contributed by atoms with E-state index in [-0.39, 0.29) is 5.78 Å². The number of hydrogen-bond donors (Lipinski definition) is 0. The first-order valence-corrected chi connectivity index (χ1v) is 6.82. The van der Waals surface area contributed by atoms with Crippen LogP contribution >= 0.6 is 15.9 Å². The summed E-state index contributed by atoms with van der Waals surface area (Å²) in [7, 11) is 0. The van der Waals surface area contributed by atoms with Gasteiger partial charge in [-0.3, -0.25) is 4.79 Å². The molecule has 0 atom stereocenters. The number of benzene rings is 2. The first-order valence-electron chi connectivity index (χ1n) is 6.03. The number of Topliss-reactive ketones (excluding diaryl/α,β-unsaturated/α-hetero) is 1. The Hall–Kier alpha value is -2.12. The minimum Gasteiger partial charge on any atom is -0.489 e. The van der Waals surface area contributed by atoms with Gasteiger partial charge in [-0.05, 0) is 47.1 Å². The van der Waals surface area contributed by atoms with Gasteiger partial charge in [0.25, 0.3) is 0 Å². The molecule has 20 heavy (non-hydrogen) atoms. The molecule has 0 heterocycles. The van der Waals surface area contributed by atoms with Crippen molar-refractivity contribution < 1.29 is 9.53 Å². The highest BCUT2D eigenvalue weighted by Crippen LogP contribution is 2.24. The Labute approximate surface area is 125 Å². The summed E-state index contributed by atoms with van der Waals surface area (Å²) in [6, 6.07) is 14.7. The molecule has 100 valence electrons. The molecule has 0 aliphatic carbocycles. The molecule has 0 radical (unpaired) electrons. The highest BCUT2D eigenvalue weighted by Gasteiger charge is 2.07. The van der Waals surface area contributed by atoms with Crippen molar-refractivity contribution in [2.75, 3.05) is 0 Å². The topological polar surface area (TPSA) is 50.1 Å². The van der Waals surface area contributed by atoms with Crippen LogP contribution in [0.2, 0.25) is 0 Å². The zero-order valence-corrected chi connectivity index (χ0v) is 12.5. The average Bonchev–Trinajstić information content (AvgIpc) is 2.45. The van der Waals surface area contributed by atoms with E-state index in [0.29, 0.717) is 28.0 Å². The van der Waals surface area contributed by atoms with Crippen LogP contribution < -0.4 is 4.74 Å². The molecule has 0 saturated carbocycles. The van der Waals surface area contributed by atoms with E-state index >= 15 is 0 Å². The van der Waals surface area contributed by atoms with Crippen molar-refractivity contribution in [2.24, 2.45) is 0 Å². The van der Waals surface area contributed by atoms with E-state index < -0.39 is 0 Å². The average molecular weight is 330 g/mol. The molecule has 0 aromatic heterocycles. The first-order chi connectivity index (χ1) is 9.61. The van der Waals surface area contributed by atoms with Crippen LogP contribution in [0.1, 0.15) is 28.4 Å². The third-order valence-corrected chi connectivity index (χ3v) is 3.51. The molecule has 0 fully saturated rings. The molecule has 0 aliphatic rings. The number of rotatable bonds is 4. The number of carbonyl (C=O) groups is 1. The summed E-state index contributed by atoms with van der Waals surface area (Å²) in [5.74, 6) is 0.646. The van der Waals surface area contributed by atoms with Gasteiger partial charge < -0.3 is 4.74 Å². The van der Waals surface area contributed by atoms with Crippen molar-refractivity contribution in [2.45, 2.75) is 13.5 Å². The van der Waals surface area contributed by atoms with Crippen molar-refractivity contribution >= 4 is 21.7 Å². The molecule has 0 amide bonds. The van der Waals surface area contributed by atoms with Crippen molar-refractivity contribution in [3.63, 3.8) is 0 Å². The van der Waals surface area contributed by atoms with Crippen molar-refractivity contribution in [3.8, 4) is 11.8 Å². The predicted molar refractivity (Wildman–Crippen MR) is 79.6 cm³/mol. The number of nitrogens with zero attached hydrogens (tertiary/aromatic N) is 1. The summed E-state index contributed by atoms with van der Waals surface area (Å²) in [6.07, 6.45) is 0. The quantitative estimate of drug-likeness (QED) is 0.793. The first kappa shape index (κ1) is 14.3. The van der Waals surface area contributed by atoms with E-state index in [0.717, 1.165) is 5.56 Å². The van der Waals surface area contributed by atoms with Crippen LogP contribution in [0.3, 0.4) is 0 Å². The second-order valence-corrected chi connectivity index (χ2v) is 5.11. The number of ether oxygens (including phenoxy) is 1. The molecule has 2 rings (SSSR count). The Morgan fingerprint density at radius 1 is 1.30 bits per heavy atom. The smallest absolute Gasteiger partial charge is 0.160 e. The van der Waals surface area contributed by atoms with Crippen LogP contribution in [0.5, 0.6) is 5.75 Å². The van der Waals surface area contributed by atoms with Gasteiger partial charge in [-0.1, -0.05) is 18.2 Å². The zero-order chi connectivity index (χ0) is 14.5. The lowest BCUT2D eigenvalue weighted by molar-refractivity contribution is 0.101. The van der Waals surface area contributed by atoms with Crippen LogP contribution in [-0.2, 0) is 6.61 Å². The van der Waals surface area contributed by atoms with Gasteiger partial charge in [-0.15, -0.1) is 0 Å². The van der Waals surface area contributed by atoms with Gasteiger partial charge in [-0.2, -0.15) is 5.26 Å². The second-order valence-electron chi connectivity index (χ2n) is 4.26. The van der Waals surface area contributed by atoms with Gasteiger partial charge in [-0.25, -0.2) is 0 Å². The van der Waals surface area contributed by atoms with E-state index in [1.165, 1.54) is 6.92 Å². The molecule has 0 spiro atoms. The third kappa shape index (κ3) is 3.25. The molecule has 2 aromatic carbocycles. The van der Waals surface area contributed by atoms with Crippen LogP contribution in [0.4, 0.5) is 0 Å². The van der Waals surface area contributed by atoms with Gasteiger partial charge in [0.1, 0.15) is 12.4 Å². The summed E-state index contributed by atoms with van der Waals surface area (Å²) < 4.78 is 6.36. The fourth-order valence-electron chi connectivity index (χ4n) is 1.79. The Morgan fingerprint density at radius 2 is 2.05 bits per heavy atom. The van der Waals surface area contributed by atoms with Crippen molar-refractivity contribution in [3.05, 3.63) is 63.6 Å². The van der Waals surface area contributed by atoms with Crippen LogP contribution in [0.15, 0.2) is 46.9 Å². The minimum atomic E-state index is -0.00162. The Morgan fingerprint density at radius 3 is 2.70 bits per heavy atom. The monoisotopic (exact) mass is 329 g/mol. The summed E-state index contributed by atoms with van der Waals surface area (Å²) in [5.41, 5.74) is 2.06. The van der Waals surface area contributed by atoms with E-state index in [1.807, 2.05) is 18.2 Å². The molecule has 0 unspecified atom stereocenters. The lowest BCUT2D eigenvalue weighted by Crippen LogP contribution is -1.99. The van der Waals surface area contributed by atoms with Crippen molar-refractivity contribution in [1.82, 2.24) is 0 Å². The van der Waals surface area contributed by atoms with Gasteiger partial charge in [0.2, 0.25) is 0 Å². The van der Waals surface area contributed by atoms with E-state index in [1.54, 1.807) is 24.3 Å². The molecule has 3 nitrogen and oxygen atoms in total. The van der Waals surface area contributed by atoms with Crippen LogP contribution in [0, 0.1) is 11.3 Å². The molecule has 0 aliphatic heterocycles. The number of ketones is 1. The molecular formula is C16H12BrNO2. The summed E-state index contributed by atoms with van der Waals surface area (Å²) in [6.45, 7) is 1.83. The number of hydrogen-bond acceptors (Lipinski definition) is 3. The number of nitriles is 1. The van der Waals surface area contributed by atoms with E-state index in [4.69, 9.17) is 10.00 Å². The minimum absolute atomic E-state index is 0.00162. The van der Waals surface area contributed by atoms with Crippen LogP contribution in [0.25, 0.3) is 0 Å². The van der Waals surface area contributed by atoms with Gasteiger partial charge >= 0.3 is 0 Å². The fraction of sp³-hybridized carbons (Fsp3) is 0.125. The third-order valence-electron chi connectivity index (χ3n) is 2.85. The van der Waals surface area contributed by atoms with E-state index in [9.17, 15) is 4.79 Å². The Kier molecular flexibility index (Phi) is 4.54. The van der Waals surface area contributed by atoms with Crippen molar-refractivity contribution in [1.29, 1.82) is 5.26 Å². The molecular weight excluding hydrogens is 318 g/mol. The highest BCUT2D eigenvalue weighted by molar-refractivity contribution is 9.10. The normalized spacial score (nSPS) is 9.85. The van der Waals surface area contributed by atoms with Crippen LogP contribution in [-0.4, -0.2) is 5.78 Å². The largest absolute Gasteiger partial charge is 0.489 e. The Bertz CT molecular complexity index is 689. The Balaban J connectivity index is 2.14. The lowest BCUT2D eigenvalue weighted by atomic mass is 10.1. The molecule has 0 N–H and O–H groups in total. The SMILES string of the molecule is CC(=O)c1ccc(OCc2ccccc2C#N)cc1Br. The molecule has 2 aromatic rings. The maximum atomic E-state index is 11.3. The fourth-order valence-corrected chi connectivity index (χ4v) is 2.42. The van der Waals surface area contributed by atoms with E-state index in [2.05, 4.69) is 22.0 Å². The van der Waals surface area contributed by atoms with Gasteiger partial charge in [0.05, 0.1) is 11.6 Å². The summed E-state index contributed by atoms with van der Waals surface area (Å²) >= 11 is 3.35. The van der Waals surface area contributed by atoms with Gasteiger partial charge in [0, 0.05) is 15.6 Å². The summed E-state index contributed by atoms with van der Waals surface area (Å²) in [4.78, 5) is 11.3. The maximum absolute atomic E-state index is 11.3. The van der Waals surface area contributed by atoms with Gasteiger partial charge in [0.15, 0.2) is 5.78 Å². The second kappa shape index (κ2) is 6.36. The lowest BCUT2D eigenvalue weighted by Gasteiger charge is -2.09. The number of carbonyl (C=O) groups excluding carboxylic acids is 1. The molecule has 0 bridgehead atoms. The zero-order valence-electron chi connectivity index (χ0n) is 10.9. The summed E-state index contributed by atoms with van der Waals surface area (Å²) in [5, 5.41) is 9.01. The standard InChI is InChI=1S/C16H12BrNO2/c1-11(19)15-7-6-14(8-16(15)17)20-10-13-5-3-2-4-12(13)9-18/h2-8H,10H2,1H3. The maximum Gasteiger partial charge on any atom is 0.160 e. The molecule has 4 heteroatoms. The molecule has 0 saturated heterocycles.